The molecule has 0 spiro atoms. The number of anilines is 4. The van der Waals surface area contributed by atoms with Gasteiger partial charge in [0, 0.05) is 35.1 Å². The number of carbonyl (C=O) groups is 4. The minimum absolute atomic E-state index is 0.0502. The van der Waals surface area contributed by atoms with E-state index in [2.05, 4.69) is 0 Å². The topological polar surface area (TPSA) is 101 Å². The van der Waals surface area contributed by atoms with E-state index in [0.29, 0.717) is 44.8 Å². The Kier molecular flexibility index (Phi) is 8.47. The maximum absolute atomic E-state index is 14.4. The number of carboxylic acid groups (broad SMARTS) is 1. The number of carboxylic acids is 1. The summed E-state index contributed by atoms with van der Waals surface area (Å²) in [5.41, 5.74) is 3.21. The highest BCUT2D eigenvalue weighted by molar-refractivity contribution is 6.31. The summed E-state index contributed by atoms with van der Waals surface area (Å²) in [7, 11) is 0. The number of piperazine rings is 1. The predicted octanol–water partition coefficient (Wildman–Crippen LogP) is 7.41. The van der Waals surface area contributed by atoms with Crippen LogP contribution in [-0.2, 0) is 11.2 Å². The maximum atomic E-state index is 14.4. The standard InChI is InChI=1S/C34H28Cl2N4O5/c35-23-10-14-25(15-11-23)39(26-16-12-24(36)13-17-26)33(44)37-19-20-38(30(21-37)32(42)43)34(45)40-28-7-3-1-5-22(28)9-18-31(41)27-6-2-4-8-29(27)40/h1-8,10-17,30H,9,18-21H2,(H,42,43)/t30-/m0/s1. The molecule has 0 unspecified atom stereocenters. The summed E-state index contributed by atoms with van der Waals surface area (Å²) in [5.74, 6) is -1.36. The summed E-state index contributed by atoms with van der Waals surface area (Å²) >= 11 is 12.2. The van der Waals surface area contributed by atoms with Crippen LogP contribution in [0.1, 0.15) is 22.3 Å². The molecule has 1 saturated heterocycles. The average Bonchev–Trinajstić information content (AvgIpc) is 3.05. The highest BCUT2D eigenvalue weighted by Gasteiger charge is 2.42. The number of aliphatic carboxylic acids is 1. The fraction of sp³-hybridized carbons (Fsp3) is 0.176. The van der Waals surface area contributed by atoms with Crippen LogP contribution in [0.5, 0.6) is 0 Å². The van der Waals surface area contributed by atoms with Crippen molar-refractivity contribution in [2.45, 2.75) is 18.9 Å². The van der Waals surface area contributed by atoms with Gasteiger partial charge in [-0.05, 0) is 78.7 Å². The molecule has 2 aliphatic rings. The Morgan fingerprint density at radius 2 is 1.31 bits per heavy atom. The van der Waals surface area contributed by atoms with Gasteiger partial charge in [-0.25, -0.2) is 14.4 Å². The summed E-state index contributed by atoms with van der Waals surface area (Å²) in [6, 6.07) is 25.2. The van der Waals surface area contributed by atoms with Gasteiger partial charge in [0.25, 0.3) is 0 Å². The summed E-state index contributed by atoms with van der Waals surface area (Å²) in [6.45, 7) is -0.235. The normalized spacial score (nSPS) is 16.3. The third-order valence-corrected chi connectivity index (χ3v) is 8.54. The van der Waals surface area contributed by atoms with Crippen molar-refractivity contribution < 1.29 is 24.3 Å². The Balaban J connectivity index is 1.34. The molecule has 4 aromatic rings. The van der Waals surface area contributed by atoms with Crippen LogP contribution in [0, 0.1) is 0 Å². The van der Waals surface area contributed by atoms with Gasteiger partial charge < -0.3 is 14.9 Å². The predicted molar refractivity (Wildman–Crippen MR) is 173 cm³/mol. The lowest BCUT2D eigenvalue weighted by Crippen LogP contribution is -2.62. The maximum Gasteiger partial charge on any atom is 0.330 e. The van der Waals surface area contributed by atoms with Gasteiger partial charge >= 0.3 is 18.0 Å². The van der Waals surface area contributed by atoms with Gasteiger partial charge in [-0.15, -0.1) is 0 Å². The summed E-state index contributed by atoms with van der Waals surface area (Å²) < 4.78 is 0. The van der Waals surface area contributed by atoms with E-state index in [9.17, 15) is 24.3 Å². The van der Waals surface area contributed by atoms with Gasteiger partial charge in [0.15, 0.2) is 5.78 Å². The molecule has 1 atom stereocenters. The van der Waals surface area contributed by atoms with Crippen LogP contribution in [0.4, 0.5) is 32.3 Å². The Morgan fingerprint density at radius 3 is 1.93 bits per heavy atom. The number of fused-ring (bicyclic) bond motifs is 2. The molecule has 2 heterocycles. The van der Waals surface area contributed by atoms with E-state index in [4.69, 9.17) is 23.2 Å². The molecular formula is C34H28Cl2N4O5. The number of hydrogen-bond acceptors (Lipinski definition) is 4. The highest BCUT2D eigenvalue weighted by atomic mass is 35.5. The SMILES string of the molecule is O=C1CCc2ccccc2N(C(=O)N2CCN(C(=O)N(c3ccc(Cl)cc3)c3ccc(Cl)cc3)C[C@H]2C(=O)O)c2ccccc21. The molecule has 45 heavy (non-hydrogen) atoms. The summed E-state index contributed by atoms with van der Waals surface area (Å²) in [4.78, 5) is 60.0. The molecule has 0 bridgehead atoms. The van der Waals surface area contributed by atoms with E-state index in [1.165, 1.54) is 19.6 Å². The largest absolute Gasteiger partial charge is 0.480 e. The van der Waals surface area contributed by atoms with Crippen molar-refractivity contribution in [3.05, 3.63) is 118 Å². The second kappa shape index (κ2) is 12.6. The van der Waals surface area contributed by atoms with E-state index in [1.807, 2.05) is 12.1 Å². The quantitative estimate of drug-likeness (QED) is 0.251. The van der Waals surface area contributed by atoms with E-state index >= 15 is 0 Å². The number of urea groups is 2. The summed E-state index contributed by atoms with van der Waals surface area (Å²) in [6.07, 6.45) is 0.718. The van der Waals surface area contributed by atoms with Crippen molar-refractivity contribution in [3.8, 4) is 0 Å². The molecular weight excluding hydrogens is 615 g/mol. The molecule has 1 N–H and O–H groups in total. The Labute approximate surface area is 269 Å². The van der Waals surface area contributed by atoms with Crippen molar-refractivity contribution in [2.75, 3.05) is 29.4 Å². The smallest absolute Gasteiger partial charge is 0.330 e. The monoisotopic (exact) mass is 642 g/mol. The molecule has 1 fully saturated rings. The molecule has 4 aromatic carbocycles. The average molecular weight is 644 g/mol. The van der Waals surface area contributed by atoms with Crippen molar-refractivity contribution in [3.63, 3.8) is 0 Å². The van der Waals surface area contributed by atoms with Gasteiger partial charge in [-0.2, -0.15) is 0 Å². The Hall–Kier alpha value is -4.86. The molecule has 228 valence electrons. The molecule has 0 radical (unpaired) electrons. The minimum atomic E-state index is -1.35. The lowest BCUT2D eigenvalue weighted by Gasteiger charge is -2.43. The van der Waals surface area contributed by atoms with Gasteiger partial charge in [0.2, 0.25) is 0 Å². The second-order valence-electron chi connectivity index (χ2n) is 10.8. The van der Waals surface area contributed by atoms with Crippen molar-refractivity contribution in [1.29, 1.82) is 0 Å². The molecule has 2 aliphatic heterocycles. The van der Waals surface area contributed by atoms with Crippen molar-refractivity contribution in [2.24, 2.45) is 0 Å². The zero-order chi connectivity index (χ0) is 31.7. The number of para-hydroxylation sites is 2. The van der Waals surface area contributed by atoms with Crippen LogP contribution in [0.15, 0.2) is 97.1 Å². The van der Waals surface area contributed by atoms with E-state index in [0.717, 1.165) is 5.56 Å². The fourth-order valence-corrected chi connectivity index (χ4v) is 6.03. The number of benzene rings is 4. The van der Waals surface area contributed by atoms with Crippen LogP contribution >= 0.6 is 23.2 Å². The van der Waals surface area contributed by atoms with E-state index in [-0.39, 0.29) is 31.8 Å². The number of ketones is 1. The van der Waals surface area contributed by atoms with Crippen LogP contribution in [0.3, 0.4) is 0 Å². The molecule has 11 heteroatoms. The van der Waals surface area contributed by atoms with Crippen LogP contribution in [0.25, 0.3) is 0 Å². The van der Waals surface area contributed by atoms with Gasteiger partial charge in [0.1, 0.15) is 6.04 Å². The number of nitrogens with zero attached hydrogens (tertiary/aromatic N) is 4. The molecule has 0 saturated carbocycles. The first kappa shape index (κ1) is 30.2. The van der Waals surface area contributed by atoms with E-state index < -0.39 is 24.1 Å². The van der Waals surface area contributed by atoms with Gasteiger partial charge in [-0.3, -0.25) is 14.6 Å². The Morgan fingerprint density at radius 1 is 0.733 bits per heavy atom. The zero-order valence-electron chi connectivity index (χ0n) is 24.0. The first-order valence-electron chi connectivity index (χ1n) is 14.4. The number of halogens is 2. The first-order valence-corrected chi connectivity index (χ1v) is 15.1. The first-order chi connectivity index (χ1) is 21.7. The molecule has 6 rings (SSSR count). The number of hydrogen-bond donors (Lipinski definition) is 1. The van der Waals surface area contributed by atoms with Crippen molar-refractivity contribution >= 4 is 69.8 Å². The van der Waals surface area contributed by atoms with E-state index in [1.54, 1.807) is 84.9 Å². The van der Waals surface area contributed by atoms with Crippen LogP contribution < -0.4 is 9.80 Å². The Bertz CT molecular complexity index is 1730. The minimum Gasteiger partial charge on any atom is -0.480 e. The number of aryl methyl sites for hydroxylation is 1. The van der Waals surface area contributed by atoms with Crippen LogP contribution in [-0.4, -0.2) is 64.4 Å². The third-order valence-electron chi connectivity index (χ3n) is 8.03. The number of carbonyl (C=O) groups excluding carboxylic acids is 3. The number of amides is 4. The second-order valence-corrected chi connectivity index (χ2v) is 11.6. The van der Waals surface area contributed by atoms with Crippen molar-refractivity contribution in [1.82, 2.24) is 9.80 Å². The lowest BCUT2D eigenvalue weighted by atomic mass is 9.96. The fourth-order valence-electron chi connectivity index (χ4n) is 5.78. The number of rotatable bonds is 3. The van der Waals surface area contributed by atoms with Gasteiger partial charge in [0.05, 0.1) is 29.3 Å². The van der Waals surface area contributed by atoms with Crippen LogP contribution in [0.2, 0.25) is 10.0 Å². The molecule has 0 aromatic heterocycles. The van der Waals surface area contributed by atoms with Gasteiger partial charge in [-0.1, -0.05) is 53.5 Å². The summed E-state index contributed by atoms with van der Waals surface area (Å²) in [5, 5.41) is 11.4. The molecule has 0 aliphatic carbocycles. The highest BCUT2D eigenvalue weighted by Crippen LogP contribution is 2.37. The zero-order valence-corrected chi connectivity index (χ0v) is 25.5. The third kappa shape index (κ3) is 5.96. The molecule has 4 amide bonds. The molecule has 9 nitrogen and oxygen atoms in total. The lowest BCUT2D eigenvalue weighted by molar-refractivity contribution is -0.143. The number of Topliss-reactive ketones (excluding diaryl/α,β-unsaturated/α-hetero) is 1.